The van der Waals surface area contributed by atoms with Crippen LogP contribution < -0.4 is 10.6 Å². The molecule has 0 unspecified atom stereocenters. The summed E-state index contributed by atoms with van der Waals surface area (Å²) < 4.78 is 0. The SMILES string of the molecule is O=C(NCCCO)Nc1ccc2nccnc2c1. The number of carbonyl (C=O) groups is 1. The summed E-state index contributed by atoms with van der Waals surface area (Å²) >= 11 is 0. The fourth-order valence-corrected chi connectivity index (χ4v) is 1.50. The minimum atomic E-state index is -0.299. The van der Waals surface area contributed by atoms with Crippen LogP contribution in [0.15, 0.2) is 30.6 Å². The van der Waals surface area contributed by atoms with Gasteiger partial charge in [-0.2, -0.15) is 0 Å². The first kappa shape index (κ1) is 12.3. The van der Waals surface area contributed by atoms with Gasteiger partial charge in [0.25, 0.3) is 0 Å². The Balaban J connectivity index is 2.01. The van der Waals surface area contributed by atoms with Gasteiger partial charge in [-0.15, -0.1) is 0 Å². The van der Waals surface area contributed by atoms with Gasteiger partial charge in [0.15, 0.2) is 0 Å². The summed E-state index contributed by atoms with van der Waals surface area (Å²) in [5.74, 6) is 0. The van der Waals surface area contributed by atoms with Crippen LogP contribution >= 0.6 is 0 Å². The smallest absolute Gasteiger partial charge is 0.319 e. The summed E-state index contributed by atoms with van der Waals surface area (Å²) in [7, 11) is 0. The molecule has 0 saturated heterocycles. The van der Waals surface area contributed by atoms with E-state index >= 15 is 0 Å². The molecule has 0 radical (unpaired) electrons. The summed E-state index contributed by atoms with van der Waals surface area (Å²) in [6, 6.07) is 5.02. The highest BCUT2D eigenvalue weighted by molar-refractivity contribution is 5.91. The molecule has 0 atom stereocenters. The first-order chi connectivity index (χ1) is 8.79. The fourth-order valence-electron chi connectivity index (χ4n) is 1.50. The Morgan fingerprint density at radius 2 is 2.00 bits per heavy atom. The molecule has 0 saturated carbocycles. The lowest BCUT2D eigenvalue weighted by Gasteiger charge is -2.07. The number of hydrogen-bond donors (Lipinski definition) is 3. The van der Waals surface area contributed by atoms with E-state index in [1.165, 1.54) is 0 Å². The quantitative estimate of drug-likeness (QED) is 0.706. The van der Waals surface area contributed by atoms with Crippen LogP contribution in [0.25, 0.3) is 11.0 Å². The molecule has 2 rings (SSSR count). The van der Waals surface area contributed by atoms with Gasteiger partial charge in [0, 0.05) is 31.2 Å². The molecular formula is C12H14N4O2. The fraction of sp³-hybridized carbons (Fsp3) is 0.250. The molecule has 1 aromatic heterocycles. The molecule has 94 valence electrons. The van der Waals surface area contributed by atoms with Crippen molar-refractivity contribution >= 4 is 22.8 Å². The predicted octanol–water partition coefficient (Wildman–Crippen LogP) is 1.13. The largest absolute Gasteiger partial charge is 0.396 e. The molecule has 2 aromatic rings. The number of aliphatic hydroxyl groups excluding tert-OH is 1. The third-order valence-corrected chi connectivity index (χ3v) is 2.35. The second kappa shape index (κ2) is 5.92. The minimum absolute atomic E-state index is 0.0614. The molecule has 0 spiro atoms. The maximum Gasteiger partial charge on any atom is 0.319 e. The van der Waals surface area contributed by atoms with Gasteiger partial charge in [0.05, 0.1) is 11.0 Å². The van der Waals surface area contributed by atoms with Gasteiger partial charge in [-0.3, -0.25) is 9.97 Å². The van der Waals surface area contributed by atoms with Crippen molar-refractivity contribution in [1.29, 1.82) is 0 Å². The lowest BCUT2D eigenvalue weighted by atomic mass is 10.2. The molecule has 6 heteroatoms. The highest BCUT2D eigenvalue weighted by Crippen LogP contribution is 2.14. The average Bonchev–Trinajstić information content (AvgIpc) is 2.39. The summed E-state index contributed by atoms with van der Waals surface area (Å²) in [5, 5.41) is 13.9. The minimum Gasteiger partial charge on any atom is -0.396 e. The van der Waals surface area contributed by atoms with Crippen LogP contribution in [0.4, 0.5) is 10.5 Å². The van der Waals surface area contributed by atoms with Crippen LogP contribution in [0.1, 0.15) is 6.42 Å². The number of carbonyl (C=O) groups excluding carboxylic acids is 1. The van der Waals surface area contributed by atoms with Crippen molar-refractivity contribution in [2.45, 2.75) is 6.42 Å². The number of aromatic nitrogens is 2. The number of rotatable bonds is 4. The van der Waals surface area contributed by atoms with E-state index in [2.05, 4.69) is 20.6 Å². The second-order valence-electron chi connectivity index (χ2n) is 3.72. The molecule has 3 N–H and O–H groups in total. The average molecular weight is 246 g/mol. The molecule has 0 aliphatic rings. The zero-order chi connectivity index (χ0) is 12.8. The maximum atomic E-state index is 11.5. The molecule has 0 aliphatic heterocycles. The summed E-state index contributed by atoms with van der Waals surface area (Å²) in [6.07, 6.45) is 3.76. The number of fused-ring (bicyclic) bond motifs is 1. The van der Waals surface area contributed by atoms with Gasteiger partial charge in [-0.25, -0.2) is 4.79 Å². The van der Waals surface area contributed by atoms with Crippen molar-refractivity contribution in [3.8, 4) is 0 Å². The Morgan fingerprint density at radius 3 is 2.78 bits per heavy atom. The molecule has 0 bridgehead atoms. The monoisotopic (exact) mass is 246 g/mol. The Morgan fingerprint density at radius 1 is 1.22 bits per heavy atom. The van der Waals surface area contributed by atoms with Crippen LogP contribution in [0.3, 0.4) is 0 Å². The van der Waals surface area contributed by atoms with Crippen molar-refractivity contribution in [2.24, 2.45) is 0 Å². The molecule has 1 heterocycles. The molecular weight excluding hydrogens is 232 g/mol. The highest BCUT2D eigenvalue weighted by atomic mass is 16.3. The van der Waals surface area contributed by atoms with E-state index in [4.69, 9.17) is 5.11 Å². The van der Waals surface area contributed by atoms with Crippen molar-refractivity contribution in [1.82, 2.24) is 15.3 Å². The van der Waals surface area contributed by atoms with Gasteiger partial charge < -0.3 is 15.7 Å². The number of aliphatic hydroxyl groups is 1. The first-order valence-electron chi connectivity index (χ1n) is 5.66. The molecule has 1 aromatic carbocycles. The zero-order valence-corrected chi connectivity index (χ0v) is 9.76. The topological polar surface area (TPSA) is 87.1 Å². The van der Waals surface area contributed by atoms with Crippen LogP contribution in [0, 0.1) is 0 Å². The number of nitrogens with one attached hydrogen (secondary N) is 2. The van der Waals surface area contributed by atoms with E-state index < -0.39 is 0 Å². The summed E-state index contributed by atoms with van der Waals surface area (Å²) in [6.45, 7) is 0.502. The van der Waals surface area contributed by atoms with E-state index in [0.717, 1.165) is 11.0 Å². The molecule has 18 heavy (non-hydrogen) atoms. The van der Waals surface area contributed by atoms with Crippen LogP contribution in [-0.4, -0.2) is 34.3 Å². The van der Waals surface area contributed by atoms with Crippen LogP contribution in [0.5, 0.6) is 0 Å². The normalized spacial score (nSPS) is 10.3. The molecule has 0 aliphatic carbocycles. The standard InChI is InChI=1S/C12H14N4O2/c17-7-1-4-15-12(18)16-9-2-3-10-11(8-9)14-6-5-13-10/h2-3,5-6,8,17H,1,4,7H2,(H2,15,16,18). The highest BCUT2D eigenvalue weighted by Gasteiger charge is 2.02. The predicted molar refractivity (Wildman–Crippen MR) is 68.3 cm³/mol. The van der Waals surface area contributed by atoms with Gasteiger partial charge in [-0.05, 0) is 24.6 Å². The van der Waals surface area contributed by atoms with E-state index in [1.807, 2.05) is 0 Å². The Labute approximate surface area is 104 Å². The molecule has 0 fully saturated rings. The number of urea groups is 1. The van der Waals surface area contributed by atoms with Gasteiger partial charge in [0.2, 0.25) is 0 Å². The van der Waals surface area contributed by atoms with Crippen molar-refractivity contribution in [2.75, 3.05) is 18.5 Å². The molecule has 6 nitrogen and oxygen atoms in total. The van der Waals surface area contributed by atoms with E-state index in [1.54, 1.807) is 30.6 Å². The van der Waals surface area contributed by atoms with E-state index in [9.17, 15) is 4.79 Å². The number of benzene rings is 1. The lowest BCUT2D eigenvalue weighted by molar-refractivity contribution is 0.249. The van der Waals surface area contributed by atoms with E-state index in [-0.39, 0.29) is 12.6 Å². The van der Waals surface area contributed by atoms with Crippen LogP contribution in [-0.2, 0) is 0 Å². The van der Waals surface area contributed by atoms with Crippen molar-refractivity contribution < 1.29 is 9.90 Å². The maximum absolute atomic E-state index is 11.5. The Hall–Kier alpha value is -2.21. The molecule has 2 amide bonds. The first-order valence-corrected chi connectivity index (χ1v) is 5.66. The third kappa shape index (κ3) is 3.14. The number of nitrogens with zero attached hydrogens (tertiary/aromatic N) is 2. The van der Waals surface area contributed by atoms with E-state index in [0.29, 0.717) is 18.7 Å². The number of hydrogen-bond acceptors (Lipinski definition) is 4. The lowest BCUT2D eigenvalue weighted by Crippen LogP contribution is -2.29. The number of amides is 2. The van der Waals surface area contributed by atoms with Gasteiger partial charge >= 0.3 is 6.03 Å². The Kier molecular flexibility index (Phi) is 4.03. The third-order valence-electron chi connectivity index (χ3n) is 2.35. The Bertz CT molecular complexity index is 544. The summed E-state index contributed by atoms with van der Waals surface area (Å²) in [4.78, 5) is 19.8. The zero-order valence-electron chi connectivity index (χ0n) is 9.76. The van der Waals surface area contributed by atoms with Crippen LogP contribution in [0.2, 0.25) is 0 Å². The number of anilines is 1. The second-order valence-corrected chi connectivity index (χ2v) is 3.72. The van der Waals surface area contributed by atoms with Crippen molar-refractivity contribution in [3.05, 3.63) is 30.6 Å². The van der Waals surface area contributed by atoms with Gasteiger partial charge in [0.1, 0.15) is 0 Å². The summed E-state index contributed by atoms with van der Waals surface area (Å²) in [5.41, 5.74) is 2.17. The van der Waals surface area contributed by atoms with Gasteiger partial charge in [-0.1, -0.05) is 0 Å². The van der Waals surface area contributed by atoms with Crippen molar-refractivity contribution in [3.63, 3.8) is 0 Å².